The summed E-state index contributed by atoms with van der Waals surface area (Å²) >= 11 is 0. The molecular formula is C34H49Si3Zr. The summed E-state index contributed by atoms with van der Waals surface area (Å²) in [5.74, 6) is 0. The molecule has 0 saturated carbocycles. The van der Waals surface area contributed by atoms with E-state index in [2.05, 4.69) is 107 Å². The molecule has 6 rings (SSSR count). The first-order chi connectivity index (χ1) is 17.6. The van der Waals surface area contributed by atoms with E-state index in [1.165, 1.54) is 78.4 Å². The van der Waals surface area contributed by atoms with Crippen molar-refractivity contribution in [3.8, 4) is 0 Å². The van der Waals surface area contributed by atoms with Gasteiger partial charge in [-0.25, -0.2) is 24.0 Å². The predicted octanol–water partition coefficient (Wildman–Crippen LogP) is 9.78. The van der Waals surface area contributed by atoms with Gasteiger partial charge in [-0.1, -0.05) is 136 Å². The summed E-state index contributed by atoms with van der Waals surface area (Å²) in [6.07, 6.45) is 15.1. The van der Waals surface area contributed by atoms with E-state index in [0.29, 0.717) is 9.52 Å². The van der Waals surface area contributed by atoms with Crippen LogP contribution in [0.5, 0.6) is 0 Å². The average Bonchev–Trinajstić information content (AvgIpc) is 3.42. The third kappa shape index (κ3) is 7.68. The van der Waals surface area contributed by atoms with E-state index >= 15 is 0 Å². The maximum absolute atomic E-state index is 2.53. The minimum Gasteiger partial charge on any atom is -0.226 e. The fraction of sp³-hybridized carbons (Fsp3) is 0.471. The van der Waals surface area contributed by atoms with E-state index in [4.69, 9.17) is 0 Å². The molecule has 0 heterocycles. The van der Waals surface area contributed by atoms with Gasteiger partial charge in [0.15, 0.2) is 0 Å². The van der Waals surface area contributed by atoms with Gasteiger partial charge in [-0.05, 0) is 12.8 Å². The van der Waals surface area contributed by atoms with Crippen molar-refractivity contribution in [3.05, 3.63) is 94.8 Å². The number of rotatable bonds is 3. The van der Waals surface area contributed by atoms with E-state index in [-0.39, 0.29) is 26.2 Å². The molecule has 0 bridgehead atoms. The van der Waals surface area contributed by atoms with Gasteiger partial charge < -0.3 is 0 Å². The Balaban J connectivity index is 0.000000157. The first-order valence-electron chi connectivity index (χ1n) is 14.7. The van der Waals surface area contributed by atoms with Crippen molar-refractivity contribution >= 4 is 36.8 Å². The summed E-state index contributed by atoms with van der Waals surface area (Å²) in [7, 11) is -0.938. The molecular weight excluding hydrogens is 584 g/mol. The quantitative estimate of drug-likeness (QED) is 0.233. The molecule has 0 atom stereocenters. The van der Waals surface area contributed by atoms with Crippen LogP contribution in [0.3, 0.4) is 0 Å². The minimum absolute atomic E-state index is 0. The number of benzene rings is 2. The molecule has 2 aromatic rings. The van der Waals surface area contributed by atoms with E-state index in [1.54, 1.807) is 22.3 Å². The van der Waals surface area contributed by atoms with Crippen LogP contribution >= 0.6 is 0 Å². The van der Waals surface area contributed by atoms with Crippen molar-refractivity contribution < 1.29 is 26.2 Å². The van der Waals surface area contributed by atoms with Crippen molar-refractivity contribution in [2.75, 3.05) is 0 Å². The van der Waals surface area contributed by atoms with Gasteiger partial charge in [-0.2, -0.15) is 11.1 Å². The van der Waals surface area contributed by atoms with Crippen LogP contribution in [0.4, 0.5) is 0 Å². The molecule has 201 valence electrons. The van der Waals surface area contributed by atoms with Crippen molar-refractivity contribution in [3.63, 3.8) is 0 Å². The number of hydrogen-bond acceptors (Lipinski definition) is 0. The van der Waals surface area contributed by atoms with Crippen molar-refractivity contribution in [2.45, 2.75) is 102 Å². The number of allylic oxidation sites excluding steroid dienone is 4. The molecule has 2 aromatic carbocycles. The Morgan fingerprint density at radius 1 is 0.658 bits per heavy atom. The summed E-state index contributed by atoms with van der Waals surface area (Å²) < 4.78 is 0. The Labute approximate surface area is 258 Å². The Kier molecular flexibility index (Phi) is 11.4. The molecule has 38 heavy (non-hydrogen) atoms. The van der Waals surface area contributed by atoms with Crippen LogP contribution in [0.2, 0.25) is 50.6 Å². The Hall–Kier alpha value is -0.806. The Bertz CT molecular complexity index is 1060. The van der Waals surface area contributed by atoms with Gasteiger partial charge >= 0.3 is 26.2 Å². The Morgan fingerprint density at radius 3 is 1.39 bits per heavy atom. The first-order valence-corrected chi connectivity index (χ1v) is 23.6. The monoisotopic (exact) mass is 631 g/mol. The molecule has 0 spiro atoms. The number of fused-ring (bicyclic) bond motifs is 4. The summed E-state index contributed by atoms with van der Waals surface area (Å²) in [5, 5.41) is 0. The van der Waals surface area contributed by atoms with Crippen LogP contribution < -0.4 is 0 Å². The van der Waals surface area contributed by atoms with Gasteiger partial charge in [0.25, 0.3) is 0 Å². The second kappa shape index (κ2) is 13.7. The van der Waals surface area contributed by atoms with Crippen LogP contribution in [0.25, 0.3) is 11.1 Å². The largest absolute Gasteiger partial charge is 2.00 e. The van der Waals surface area contributed by atoms with Crippen LogP contribution in [0, 0.1) is 12.8 Å². The smallest absolute Gasteiger partial charge is 0.226 e. The molecule has 1 radical (unpaired) electrons. The van der Waals surface area contributed by atoms with Gasteiger partial charge in [0.1, 0.15) is 0 Å². The maximum atomic E-state index is 2.53. The fourth-order valence-corrected chi connectivity index (χ4v) is 25.7. The predicted molar refractivity (Wildman–Crippen MR) is 174 cm³/mol. The first kappa shape index (κ1) is 31.7. The molecule has 0 aromatic heterocycles. The minimum atomic E-state index is -0.823. The zero-order chi connectivity index (χ0) is 26.6. The van der Waals surface area contributed by atoms with E-state index < -0.39 is 16.1 Å². The topological polar surface area (TPSA) is 0 Å². The standard InChI is InChI=1S/2C13H13.C8H23Si3.Zr/c2*1-3-7-12-10(5-1)9-11-6-2-4-8-13(11)12;1-9-8(10(2,3)4)11(5,6)7;/h2*1,3,5-7H,2,4,8-9H2;8-9H,1-7H3;/q2*-1;;+2. The van der Waals surface area contributed by atoms with Gasteiger partial charge in [-0.15, -0.1) is 24.0 Å². The SMILES string of the molecule is C[SiH]C([Si](C)(C)C)[Si](C)(C)C.[Zr+2].c1ccc2c(c1)CC1=C2CCC[CH-]1.c1ccc2c(c1)CC1=C2CCC[CH-]1. The maximum Gasteiger partial charge on any atom is 2.00 e. The van der Waals surface area contributed by atoms with Crippen LogP contribution in [-0.2, 0) is 39.0 Å². The molecule has 0 saturated heterocycles. The zero-order valence-electron chi connectivity index (χ0n) is 25.1. The van der Waals surface area contributed by atoms with Crippen molar-refractivity contribution in [2.24, 2.45) is 0 Å². The molecule has 0 fully saturated rings. The molecule has 0 nitrogen and oxygen atoms in total. The van der Waals surface area contributed by atoms with Crippen molar-refractivity contribution in [1.29, 1.82) is 0 Å². The molecule has 4 aliphatic carbocycles. The number of hydrogen-bond donors (Lipinski definition) is 0. The second-order valence-corrected chi connectivity index (χ2v) is 27.4. The van der Waals surface area contributed by atoms with Crippen LogP contribution in [0.1, 0.15) is 60.8 Å². The van der Waals surface area contributed by atoms with Gasteiger partial charge in [-0.3, -0.25) is 0 Å². The molecule has 4 heteroatoms. The molecule has 0 amide bonds. The Morgan fingerprint density at radius 2 is 1.05 bits per heavy atom. The fourth-order valence-electron chi connectivity index (χ4n) is 7.30. The second-order valence-electron chi connectivity index (χ2n) is 13.4. The summed E-state index contributed by atoms with van der Waals surface area (Å²) in [5.41, 5.74) is 12.6. The normalized spacial score (nSPS) is 17.4. The van der Waals surface area contributed by atoms with Crippen molar-refractivity contribution in [1.82, 2.24) is 0 Å². The van der Waals surface area contributed by atoms with Gasteiger partial charge in [0.2, 0.25) is 0 Å². The summed E-state index contributed by atoms with van der Waals surface area (Å²) in [4.78, 5) is 1.18. The van der Waals surface area contributed by atoms with E-state index in [9.17, 15) is 0 Å². The van der Waals surface area contributed by atoms with Gasteiger partial charge in [0, 0.05) is 25.7 Å². The average molecular weight is 633 g/mol. The molecule has 4 aliphatic rings. The summed E-state index contributed by atoms with van der Waals surface area (Å²) in [6, 6.07) is 17.7. The summed E-state index contributed by atoms with van der Waals surface area (Å²) in [6.45, 7) is 17.7. The van der Waals surface area contributed by atoms with E-state index in [0.717, 1.165) is 0 Å². The molecule has 0 aliphatic heterocycles. The third-order valence-electron chi connectivity index (χ3n) is 8.46. The van der Waals surface area contributed by atoms with Gasteiger partial charge in [0.05, 0.1) is 0 Å². The van der Waals surface area contributed by atoms with E-state index in [1.807, 2.05) is 0 Å². The molecule has 0 unspecified atom stereocenters. The molecule has 0 N–H and O–H groups in total. The zero-order valence-corrected chi connectivity index (χ0v) is 30.7. The third-order valence-corrected chi connectivity index (χ3v) is 26.1. The van der Waals surface area contributed by atoms with Crippen LogP contribution in [0.15, 0.2) is 59.7 Å². The van der Waals surface area contributed by atoms with Crippen LogP contribution in [-0.4, -0.2) is 25.7 Å².